The Labute approximate surface area is 113 Å². The lowest BCUT2D eigenvalue weighted by molar-refractivity contribution is 0.0698. The van der Waals surface area contributed by atoms with Crippen molar-refractivity contribution in [2.24, 2.45) is 0 Å². The smallest absolute Gasteiger partial charge is 0.339 e. The van der Waals surface area contributed by atoms with E-state index in [1.165, 1.54) is 0 Å². The van der Waals surface area contributed by atoms with Gasteiger partial charge in [0.1, 0.15) is 5.56 Å². The third-order valence-electron chi connectivity index (χ3n) is 2.64. The van der Waals surface area contributed by atoms with Gasteiger partial charge in [0.15, 0.2) is 0 Å². The van der Waals surface area contributed by atoms with Crippen LogP contribution in [0.3, 0.4) is 0 Å². The summed E-state index contributed by atoms with van der Waals surface area (Å²) in [5.74, 6) is -1.01. The molecule has 5 heteroatoms. The predicted molar refractivity (Wildman–Crippen MR) is 74.7 cm³/mol. The second-order valence-electron chi connectivity index (χ2n) is 4.60. The average molecular weight is 271 g/mol. The van der Waals surface area contributed by atoms with Crippen LogP contribution in [0.4, 0.5) is 5.69 Å². The zero-order valence-corrected chi connectivity index (χ0v) is 11.7. The molecule has 100 valence electrons. The number of carbonyl (C=O) groups is 1. The summed E-state index contributed by atoms with van der Waals surface area (Å²) in [7, 11) is 4.02. The van der Waals surface area contributed by atoms with Crippen molar-refractivity contribution in [3.8, 4) is 0 Å². The van der Waals surface area contributed by atoms with Crippen LogP contribution < -0.4 is 5.32 Å². The highest BCUT2D eigenvalue weighted by molar-refractivity contribution is 6.34. The standard InChI is InChI=1S/C13H19ClN2O2/c1-9(7-8-16(2)3)15-11-6-4-5-10(14)12(11)13(17)18/h4-6,9,15H,7-8H2,1-3H3,(H,17,18). The Morgan fingerprint density at radius 3 is 2.72 bits per heavy atom. The summed E-state index contributed by atoms with van der Waals surface area (Å²) in [6, 6.07) is 5.25. The lowest BCUT2D eigenvalue weighted by atomic mass is 10.1. The number of nitrogens with zero attached hydrogens (tertiary/aromatic N) is 1. The average Bonchev–Trinajstić information content (AvgIpc) is 2.26. The third-order valence-corrected chi connectivity index (χ3v) is 2.95. The molecule has 0 fully saturated rings. The number of benzene rings is 1. The van der Waals surface area contributed by atoms with E-state index in [9.17, 15) is 4.79 Å². The minimum Gasteiger partial charge on any atom is -0.478 e. The van der Waals surface area contributed by atoms with Crippen molar-refractivity contribution >= 4 is 23.3 Å². The first-order chi connectivity index (χ1) is 8.41. The highest BCUT2D eigenvalue weighted by Gasteiger charge is 2.15. The second kappa shape index (κ2) is 6.61. The van der Waals surface area contributed by atoms with E-state index in [4.69, 9.17) is 16.7 Å². The zero-order chi connectivity index (χ0) is 13.7. The maximum atomic E-state index is 11.2. The zero-order valence-electron chi connectivity index (χ0n) is 10.9. The van der Waals surface area contributed by atoms with Gasteiger partial charge in [-0.3, -0.25) is 0 Å². The molecule has 1 aromatic rings. The number of hydrogen-bond donors (Lipinski definition) is 2. The van der Waals surface area contributed by atoms with Crippen LogP contribution >= 0.6 is 11.6 Å². The molecule has 1 aromatic carbocycles. The van der Waals surface area contributed by atoms with Gasteiger partial charge in [-0.15, -0.1) is 0 Å². The summed E-state index contributed by atoms with van der Waals surface area (Å²) in [4.78, 5) is 13.2. The summed E-state index contributed by atoms with van der Waals surface area (Å²) in [6.07, 6.45) is 0.929. The first kappa shape index (κ1) is 14.8. The third kappa shape index (κ3) is 4.20. The molecule has 4 nitrogen and oxygen atoms in total. The van der Waals surface area contributed by atoms with Gasteiger partial charge in [0.2, 0.25) is 0 Å². The highest BCUT2D eigenvalue weighted by Crippen LogP contribution is 2.25. The Morgan fingerprint density at radius 2 is 2.17 bits per heavy atom. The van der Waals surface area contributed by atoms with Crippen LogP contribution in [0.2, 0.25) is 5.02 Å². The molecule has 0 aliphatic rings. The van der Waals surface area contributed by atoms with Gasteiger partial charge in [0.05, 0.1) is 10.7 Å². The Kier molecular flexibility index (Phi) is 5.44. The largest absolute Gasteiger partial charge is 0.478 e. The van der Waals surface area contributed by atoms with Crippen molar-refractivity contribution in [3.63, 3.8) is 0 Å². The molecule has 0 saturated heterocycles. The highest BCUT2D eigenvalue weighted by atomic mass is 35.5. The summed E-state index contributed by atoms with van der Waals surface area (Å²) in [5, 5.41) is 12.6. The summed E-state index contributed by atoms with van der Waals surface area (Å²) in [5.41, 5.74) is 0.706. The number of anilines is 1. The van der Waals surface area contributed by atoms with E-state index in [0.717, 1.165) is 13.0 Å². The van der Waals surface area contributed by atoms with Crippen LogP contribution in [0.25, 0.3) is 0 Å². The fourth-order valence-electron chi connectivity index (χ4n) is 1.65. The van der Waals surface area contributed by atoms with Gasteiger partial charge in [-0.1, -0.05) is 17.7 Å². The van der Waals surface area contributed by atoms with Crippen molar-refractivity contribution in [1.29, 1.82) is 0 Å². The molecule has 0 saturated carbocycles. The lowest BCUT2D eigenvalue weighted by Gasteiger charge is -2.19. The monoisotopic (exact) mass is 270 g/mol. The number of rotatable bonds is 6. The van der Waals surface area contributed by atoms with Crippen molar-refractivity contribution in [3.05, 3.63) is 28.8 Å². The topological polar surface area (TPSA) is 52.6 Å². The molecule has 2 N–H and O–H groups in total. The minimum absolute atomic E-state index is 0.135. The molecule has 1 rings (SSSR count). The van der Waals surface area contributed by atoms with Gasteiger partial charge in [0.25, 0.3) is 0 Å². The summed E-state index contributed by atoms with van der Waals surface area (Å²) >= 11 is 5.91. The SMILES string of the molecule is CC(CCN(C)C)Nc1cccc(Cl)c1C(=O)O. The van der Waals surface area contributed by atoms with Crippen LogP contribution in [0.1, 0.15) is 23.7 Å². The fourth-order valence-corrected chi connectivity index (χ4v) is 1.91. The number of halogens is 1. The number of aromatic carboxylic acids is 1. The van der Waals surface area contributed by atoms with E-state index in [1.807, 2.05) is 21.0 Å². The molecule has 0 heterocycles. The molecule has 1 unspecified atom stereocenters. The lowest BCUT2D eigenvalue weighted by Crippen LogP contribution is -2.23. The van der Waals surface area contributed by atoms with Crippen LogP contribution in [-0.2, 0) is 0 Å². The molecule has 0 aliphatic carbocycles. The Morgan fingerprint density at radius 1 is 1.50 bits per heavy atom. The number of nitrogens with one attached hydrogen (secondary N) is 1. The van der Waals surface area contributed by atoms with E-state index in [-0.39, 0.29) is 16.6 Å². The maximum absolute atomic E-state index is 11.2. The molecule has 0 aromatic heterocycles. The minimum atomic E-state index is -1.01. The fraction of sp³-hybridized carbons (Fsp3) is 0.462. The molecular weight excluding hydrogens is 252 g/mol. The molecule has 0 bridgehead atoms. The number of carboxylic acids is 1. The van der Waals surface area contributed by atoms with Crippen LogP contribution in [0, 0.1) is 0 Å². The van der Waals surface area contributed by atoms with Crippen molar-refractivity contribution in [2.45, 2.75) is 19.4 Å². The molecule has 18 heavy (non-hydrogen) atoms. The number of hydrogen-bond acceptors (Lipinski definition) is 3. The summed E-state index contributed by atoms with van der Waals surface area (Å²) < 4.78 is 0. The van der Waals surface area contributed by atoms with Gasteiger partial charge in [0, 0.05) is 6.04 Å². The van der Waals surface area contributed by atoms with E-state index in [0.29, 0.717) is 5.69 Å². The van der Waals surface area contributed by atoms with Gasteiger partial charge in [-0.25, -0.2) is 4.79 Å². The summed E-state index contributed by atoms with van der Waals surface area (Å²) in [6.45, 7) is 2.97. The van der Waals surface area contributed by atoms with E-state index in [2.05, 4.69) is 10.2 Å². The quantitative estimate of drug-likeness (QED) is 0.835. The van der Waals surface area contributed by atoms with Crippen LogP contribution in [-0.4, -0.2) is 42.7 Å². The molecule has 0 aliphatic heterocycles. The Bertz CT molecular complexity index is 421. The number of carboxylic acid groups (broad SMARTS) is 1. The van der Waals surface area contributed by atoms with E-state index in [1.54, 1.807) is 18.2 Å². The molecule has 0 spiro atoms. The first-order valence-electron chi connectivity index (χ1n) is 5.85. The second-order valence-corrected chi connectivity index (χ2v) is 5.01. The predicted octanol–water partition coefficient (Wildman–Crippen LogP) is 2.79. The molecule has 1 atom stereocenters. The van der Waals surface area contributed by atoms with Gasteiger partial charge in [-0.2, -0.15) is 0 Å². The normalized spacial score (nSPS) is 12.5. The van der Waals surface area contributed by atoms with Gasteiger partial charge in [-0.05, 0) is 46.1 Å². The van der Waals surface area contributed by atoms with E-state index < -0.39 is 5.97 Å². The van der Waals surface area contributed by atoms with Crippen LogP contribution in [0.5, 0.6) is 0 Å². The Balaban J connectivity index is 2.78. The first-order valence-corrected chi connectivity index (χ1v) is 6.22. The van der Waals surface area contributed by atoms with Crippen molar-refractivity contribution in [2.75, 3.05) is 26.0 Å². The van der Waals surface area contributed by atoms with Crippen LogP contribution in [0.15, 0.2) is 18.2 Å². The Hall–Kier alpha value is -1.26. The molecular formula is C13H19ClN2O2. The van der Waals surface area contributed by atoms with Crippen molar-refractivity contribution in [1.82, 2.24) is 4.90 Å². The maximum Gasteiger partial charge on any atom is 0.339 e. The van der Waals surface area contributed by atoms with Gasteiger partial charge < -0.3 is 15.3 Å². The van der Waals surface area contributed by atoms with E-state index >= 15 is 0 Å². The molecule has 0 radical (unpaired) electrons. The van der Waals surface area contributed by atoms with Crippen molar-refractivity contribution < 1.29 is 9.90 Å². The molecule has 0 amide bonds. The van der Waals surface area contributed by atoms with Gasteiger partial charge >= 0.3 is 5.97 Å².